The maximum absolute atomic E-state index is 12.3. The van der Waals surface area contributed by atoms with E-state index in [-0.39, 0.29) is 0 Å². The van der Waals surface area contributed by atoms with E-state index in [1.807, 2.05) is 18.2 Å². The van der Waals surface area contributed by atoms with Gasteiger partial charge in [0, 0.05) is 6.54 Å². The van der Waals surface area contributed by atoms with Crippen molar-refractivity contribution in [2.45, 2.75) is 32.4 Å². The van der Waals surface area contributed by atoms with Crippen LogP contribution in [0.2, 0.25) is 0 Å². The third kappa shape index (κ3) is 4.96. The van der Waals surface area contributed by atoms with Gasteiger partial charge in [0.05, 0.1) is 16.8 Å². The zero-order valence-corrected chi connectivity index (χ0v) is 15.9. The molecule has 28 heavy (non-hydrogen) atoms. The number of anilines is 1. The van der Waals surface area contributed by atoms with Crippen LogP contribution in [0, 0.1) is 11.3 Å². The van der Waals surface area contributed by atoms with Gasteiger partial charge in [0.25, 0.3) is 5.91 Å². The number of nitrogens with one attached hydrogen (secondary N) is 1. The summed E-state index contributed by atoms with van der Waals surface area (Å²) in [5.74, 6) is -1.04. The van der Waals surface area contributed by atoms with Gasteiger partial charge in [-0.25, -0.2) is 4.79 Å². The molecule has 144 valence electrons. The smallest absolute Gasteiger partial charge is 0.338 e. The molecule has 3 rings (SSSR count). The Morgan fingerprint density at radius 1 is 1.14 bits per heavy atom. The monoisotopic (exact) mass is 377 g/mol. The minimum Gasteiger partial charge on any atom is -0.449 e. The number of para-hydroxylation sites is 1. The van der Waals surface area contributed by atoms with Crippen LogP contribution in [-0.2, 0) is 16.1 Å². The van der Waals surface area contributed by atoms with Crippen molar-refractivity contribution in [3.05, 3.63) is 65.2 Å². The summed E-state index contributed by atoms with van der Waals surface area (Å²) in [7, 11) is 0. The highest BCUT2D eigenvalue weighted by molar-refractivity contribution is 5.98. The molecule has 1 N–H and O–H groups in total. The fourth-order valence-electron chi connectivity index (χ4n) is 3.15. The maximum Gasteiger partial charge on any atom is 0.338 e. The molecule has 0 aliphatic carbocycles. The second kappa shape index (κ2) is 9.16. The molecular formula is C22H23N3O3. The summed E-state index contributed by atoms with van der Waals surface area (Å²) in [4.78, 5) is 27.0. The Labute approximate surface area is 164 Å². The summed E-state index contributed by atoms with van der Waals surface area (Å²) in [5.41, 5.74) is 2.30. The van der Waals surface area contributed by atoms with Gasteiger partial charge in [-0.05, 0) is 62.7 Å². The van der Waals surface area contributed by atoms with E-state index in [1.165, 1.54) is 19.8 Å². The van der Waals surface area contributed by atoms with E-state index >= 15 is 0 Å². The van der Waals surface area contributed by atoms with Gasteiger partial charge in [-0.3, -0.25) is 9.69 Å². The SMILES string of the molecule is C[C@@H](OC(=O)c1ccc(CN2CCCC2)cc1)C(=O)Nc1ccccc1C#N. The number of hydrogen-bond acceptors (Lipinski definition) is 5. The lowest BCUT2D eigenvalue weighted by Crippen LogP contribution is -2.30. The number of nitriles is 1. The highest BCUT2D eigenvalue weighted by atomic mass is 16.5. The van der Waals surface area contributed by atoms with Crippen molar-refractivity contribution in [2.24, 2.45) is 0 Å². The molecule has 1 amide bonds. The molecule has 1 atom stereocenters. The van der Waals surface area contributed by atoms with Gasteiger partial charge < -0.3 is 10.1 Å². The Bertz CT molecular complexity index is 881. The first-order valence-electron chi connectivity index (χ1n) is 9.39. The third-order valence-electron chi connectivity index (χ3n) is 4.75. The van der Waals surface area contributed by atoms with E-state index in [0.717, 1.165) is 25.2 Å². The quantitative estimate of drug-likeness (QED) is 0.781. The van der Waals surface area contributed by atoms with Crippen molar-refractivity contribution < 1.29 is 14.3 Å². The number of carbonyl (C=O) groups is 2. The fraction of sp³-hybridized carbons (Fsp3) is 0.318. The number of ether oxygens (including phenoxy) is 1. The first-order valence-corrected chi connectivity index (χ1v) is 9.39. The van der Waals surface area contributed by atoms with E-state index in [2.05, 4.69) is 10.2 Å². The van der Waals surface area contributed by atoms with E-state index in [1.54, 1.807) is 36.4 Å². The highest BCUT2D eigenvalue weighted by Crippen LogP contribution is 2.16. The molecule has 1 fully saturated rings. The van der Waals surface area contributed by atoms with Crippen molar-refractivity contribution >= 4 is 17.6 Å². The van der Waals surface area contributed by atoms with Gasteiger partial charge >= 0.3 is 5.97 Å². The summed E-state index contributed by atoms with van der Waals surface area (Å²) in [5, 5.41) is 11.7. The van der Waals surface area contributed by atoms with Crippen LogP contribution in [0.4, 0.5) is 5.69 Å². The number of likely N-dealkylation sites (tertiary alicyclic amines) is 1. The van der Waals surface area contributed by atoms with Gasteiger partial charge in [0.2, 0.25) is 0 Å². The van der Waals surface area contributed by atoms with Crippen LogP contribution in [0.1, 0.15) is 41.3 Å². The maximum atomic E-state index is 12.3. The first kappa shape index (κ1) is 19.6. The molecule has 1 aliphatic rings. The summed E-state index contributed by atoms with van der Waals surface area (Å²) >= 11 is 0. The molecule has 6 heteroatoms. The Hall–Kier alpha value is -3.17. The zero-order valence-electron chi connectivity index (χ0n) is 15.9. The molecule has 0 unspecified atom stereocenters. The van der Waals surface area contributed by atoms with Crippen molar-refractivity contribution in [1.29, 1.82) is 5.26 Å². The number of rotatable bonds is 6. The topological polar surface area (TPSA) is 82.4 Å². The summed E-state index contributed by atoms with van der Waals surface area (Å²) in [6.07, 6.45) is 1.50. The van der Waals surface area contributed by atoms with Gasteiger partial charge in [0.1, 0.15) is 6.07 Å². The zero-order chi connectivity index (χ0) is 19.9. The van der Waals surface area contributed by atoms with Gasteiger partial charge in [0.15, 0.2) is 6.10 Å². The van der Waals surface area contributed by atoms with Gasteiger partial charge in [-0.15, -0.1) is 0 Å². The fourth-order valence-corrected chi connectivity index (χ4v) is 3.15. The van der Waals surface area contributed by atoms with Crippen LogP contribution in [-0.4, -0.2) is 36.0 Å². The molecule has 0 radical (unpaired) electrons. The third-order valence-corrected chi connectivity index (χ3v) is 4.75. The van der Waals surface area contributed by atoms with E-state index in [4.69, 9.17) is 10.00 Å². The van der Waals surface area contributed by atoms with Crippen LogP contribution in [0.5, 0.6) is 0 Å². The van der Waals surface area contributed by atoms with E-state index in [9.17, 15) is 9.59 Å². The number of benzene rings is 2. The molecule has 0 bridgehead atoms. The van der Waals surface area contributed by atoms with Crippen LogP contribution in [0.15, 0.2) is 48.5 Å². The van der Waals surface area contributed by atoms with Crippen LogP contribution in [0.3, 0.4) is 0 Å². The molecule has 6 nitrogen and oxygen atoms in total. The van der Waals surface area contributed by atoms with Gasteiger partial charge in [-0.1, -0.05) is 24.3 Å². The second-order valence-corrected chi connectivity index (χ2v) is 6.87. The molecule has 0 saturated carbocycles. The molecule has 0 aromatic heterocycles. The number of hydrogen-bond donors (Lipinski definition) is 1. The lowest BCUT2D eigenvalue weighted by molar-refractivity contribution is -0.123. The Balaban J connectivity index is 1.55. The van der Waals surface area contributed by atoms with Crippen molar-refractivity contribution in [3.63, 3.8) is 0 Å². The first-order chi connectivity index (χ1) is 13.6. The average molecular weight is 377 g/mol. The largest absolute Gasteiger partial charge is 0.449 e. The number of amides is 1. The second-order valence-electron chi connectivity index (χ2n) is 6.87. The lowest BCUT2D eigenvalue weighted by atomic mass is 10.1. The van der Waals surface area contributed by atoms with E-state index in [0.29, 0.717) is 16.8 Å². The van der Waals surface area contributed by atoms with E-state index < -0.39 is 18.0 Å². The average Bonchev–Trinajstić information content (AvgIpc) is 3.22. The predicted molar refractivity (Wildman–Crippen MR) is 106 cm³/mol. The Morgan fingerprint density at radius 3 is 2.50 bits per heavy atom. The number of nitrogens with zero attached hydrogens (tertiary/aromatic N) is 2. The molecular weight excluding hydrogens is 354 g/mol. The summed E-state index contributed by atoms with van der Waals surface area (Å²) < 4.78 is 5.27. The van der Waals surface area contributed by atoms with Crippen LogP contribution >= 0.6 is 0 Å². The number of carbonyl (C=O) groups excluding carboxylic acids is 2. The summed E-state index contributed by atoms with van der Waals surface area (Å²) in [6, 6.07) is 16.0. The molecule has 1 heterocycles. The Morgan fingerprint density at radius 2 is 1.82 bits per heavy atom. The number of esters is 1. The van der Waals surface area contributed by atoms with Crippen LogP contribution < -0.4 is 5.32 Å². The van der Waals surface area contributed by atoms with Crippen molar-refractivity contribution in [1.82, 2.24) is 4.90 Å². The minimum atomic E-state index is -0.983. The standard InChI is InChI=1S/C22H23N3O3/c1-16(21(26)24-20-7-3-2-6-19(20)14-23)28-22(27)18-10-8-17(9-11-18)15-25-12-4-5-13-25/h2-3,6-11,16H,4-5,12-13,15H2,1H3,(H,24,26)/t16-/m1/s1. The highest BCUT2D eigenvalue weighted by Gasteiger charge is 2.20. The minimum absolute atomic E-state index is 0.350. The molecule has 2 aromatic carbocycles. The lowest BCUT2D eigenvalue weighted by Gasteiger charge is -2.15. The summed E-state index contributed by atoms with van der Waals surface area (Å²) in [6.45, 7) is 4.62. The molecule has 0 spiro atoms. The molecule has 1 aliphatic heterocycles. The van der Waals surface area contributed by atoms with Crippen molar-refractivity contribution in [3.8, 4) is 6.07 Å². The molecule has 2 aromatic rings. The molecule has 1 saturated heterocycles. The Kier molecular flexibility index (Phi) is 6.41. The normalized spacial score (nSPS) is 14.9. The predicted octanol–water partition coefficient (Wildman–Crippen LogP) is 3.34. The van der Waals surface area contributed by atoms with Crippen LogP contribution in [0.25, 0.3) is 0 Å². The van der Waals surface area contributed by atoms with Gasteiger partial charge in [-0.2, -0.15) is 5.26 Å². The van der Waals surface area contributed by atoms with Crippen molar-refractivity contribution in [2.75, 3.05) is 18.4 Å².